The number of hydrogen-bond donors (Lipinski definition) is 4. The third-order valence-corrected chi connectivity index (χ3v) is 3.09. The zero-order valence-electron chi connectivity index (χ0n) is 11.4. The van der Waals surface area contributed by atoms with Gasteiger partial charge in [0.15, 0.2) is 0 Å². The summed E-state index contributed by atoms with van der Waals surface area (Å²) in [5.41, 5.74) is 5.39. The van der Waals surface area contributed by atoms with Crippen LogP contribution in [0.25, 0.3) is 0 Å². The number of urea groups is 1. The average molecular weight is 315 g/mol. The zero-order valence-corrected chi connectivity index (χ0v) is 12.2. The minimum atomic E-state index is -1.04. The molecule has 0 fully saturated rings. The van der Waals surface area contributed by atoms with Gasteiger partial charge in [0.25, 0.3) is 0 Å². The number of nitrogens with zero attached hydrogens (tertiary/aromatic N) is 2. The number of carboxylic acid groups (broad SMARTS) is 1. The molecule has 1 rings (SSSR count). The molecule has 1 atom stereocenters. The number of carbonyl (C=O) groups excluding carboxylic acids is 2. The lowest BCUT2D eigenvalue weighted by Gasteiger charge is -2.16. The number of rotatable bonds is 8. The molecule has 1 aromatic heterocycles. The van der Waals surface area contributed by atoms with Gasteiger partial charge >= 0.3 is 12.0 Å². The molecule has 3 amide bonds. The van der Waals surface area contributed by atoms with Crippen LogP contribution >= 0.6 is 11.8 Å². The van der Waals surface area contributed by atoms with Gasteiger partial charge in [-0.3, -0.25) is 14.3 Å². The average Bonchev–Trinajstić information content (AvgIpc) is 2.80. The van der Waals surface area contributed by atoms with E-state index in [2.05, 4.69) is 15.7 Å². The van der Waals surface area contributed by atoms with Crippen molar-refractivity contribution in [3.05, 3.63) is 12.4 Å². The van der Waals surface area contributed by atoms with Gasteiger partial charge < -0.3 is 21.5 Å². The number of aromatic nitrogens is 2. The molecule has 0 radical (unpaired) electrons. The highest BCUT2D eigenvalue weighted by molar-refractivity contribution is 7.98. The predicted molar refractivity (Wildman–Crippen MR) is 78.0 cm³/mol. The van der Waals surface area contributed by atoms with Crippen molar-refractivity contribution in [2.75, 3.05) is 17.3 Å². The monoisotopic (exact) mass is 315 g/mol. The minimum absolute atomic E-state index is 0.300. The quantitative estimate of drug-likeness (QED) is 0.519. The SMILES string of the molecule is CSCCC(NC(N)=O)C(=O)Nc1cnn(CC(=O)O)c1. The Morgan fingerprint density at radius 2 is 2.24 bits per heavy atom. The fourth-order valence-corrected chi connectivity index (χ4v) is 2.03. The maximum Gasteiger partial charge on any atom is 0.325 e. The molecule has 0 aliphatic heterocycles. The van der Waals surface area contributed by atoms with E-state index < -0.39 is 23.9 Å². The fraction of sp³-hybridized carbons (Fsp3) is 0.455. The van der Waals surface area contributed by atoms with Crippen LogP contribution in [0.1, 0.15) is 6.42 Å². The highest BCUT2D eigenvalue weighted by atomic mass is 32.2. The molecule has 0 aliphatic carbocycles. The molecule has 0 saturated heterocycles. The van der Waals surface area contributed by atoms with Crippen LogP contribution < -0.4 is 16.4 Å². The van der Waals surface area contributed by atoms with Crippen LogP contribution in [-0.4, -0.2) is 50.8 Å². The van der Waals surface area contributed by atoms with Crippen LogP contribution in [0.15, 0.2) is 12.4 Å². The van der Waals surface area contributed by atoms with E-state index in [0.29, 0.717) is 17.9 Å². The van der Waals surface area contributed by atoms with Gasteiger partial charge in [0.05, 0.1) is 11.9 Å². The van der Waals surface area contributed by atoms with E-state index in [1.807, 2.05) is 6.26 Å². The molecule has 1 unspecified atom stereocenters. The Balaban J connectivity index is 2.64. The first-order valence-corrected chi connectivity index (χ1v) is 7.41. The summed E-state index contributed by atoms with van der Waals surface area (Å²) in [7, 11) is 0. The van der Waals surface area contributed by atoms with E-state index in [9.17, 15) is 14.4 Å². The Bertz CT molecular complexity index is 518. The first-order valence-electron chi connectivity index (χ1n) is 6.02. The summed E-state index contributed by atoms with van der Waals surface area (Å²) >= 11 is 1.54. The summed E-state index contributed by atoms with van der Waals surface area (Å²) in [6.45, 7) is -0.300. The van der Waals surface area contributed by atoms with Gasteiger partial charge in [-0.25, -0.2) is 4.79 Å². The number of nitrogens with two attached hydrogens (primary N) is 1. The Hall–Kier alpha value is -2.23. The van der Waals surface area contributed by atoms with Crippen molar-refractivity contribution in [3.63, 3.8) is 0 Å². The first-order chi connectivity index (χ1) is 9.92. The lowest BCUT2D eigenvalue weighted by molar-refractivity contribution is -0.137. The van der Waals surface area contributed by atoms with Crippen LogP contribution in [0.4, 0.5) is 10.5 Å². The second-order valence-corrected chi connectivity index (χ2v) is 5.14. The standard InChI is InChI=1S/C11H17N5O4S/c1-21-3-2-8(15-11(12)20)10(19)14-7-4-13-16(5-7)6-9(17)18/h4-5,8H,2-3,6H2,1H3,(H,14,19)(H,17,18)(H3,12,15,20). The summed E-state index contributed by atoms with van der Waals surface area (Å²) in [5, 5.41) is 17.3. The Labute approximate surface area is 125 Å². The lowest BCUT2D eigenvalue weighted by atomic mass is 10.2. The van der Waals surface area contributed by atoms with Gasteiger partial charge in [-0.1, -0.05) is 0 Å². The summed E-state index contributed by atoms with van der Waals surface area (Å²) in [5.74, 6) is -0.793. The highest BCUT2D eigenvalue weighted by Crippen LogP contribution is 2.08. The summed E-state index contributed by atoms with van der Waals surface area (Å²) < 4.78 is 1.18. The molecule has 0 bridgehead atoms. The van der Waals surface area contributed by atoms with Crippen LogP contribution in [0.3, 0.4) is 0 Å². The first kappa shape index (κ1) is 16.8. The molecule has 1 heterocycles. The smallest absolute Gasteiger partial charge is 0.325 e. The van der Waals surface area contributed by atoms with E-state index in [1.165, 1.54) is 28.8 Å². The van der Waals surface area contributed by atoms with Crippen molar-refractivity contribution in [2.45, 2.75) is 19.0 Å². The van der Waals surface area contributed by atoms with Crippen molar-refractivity contribution in [1.82, 2.24) is 15.1 Å². The maximum absolute atomic E-state index is 12.0. The number of carboxylic acids is 1. The minimum Gasteiger partial charge on any atom is -0.480 e. The Kier molecular flexibility index (Phi) is 6.53. The molecule has 5 N–H and O–H groups in total. The molecule has 0 aromatic carbocycles. The van der Waals surface area contributed by atoms with Crippen LogP contribution in [-0.2, 0) is 16.1 Å². The number of hydrogen-bond acceptors (Lipinski definition) is 5. The molecule has 0 aliphatic rings. The van der Waals surface area contributed by atoms with Gasteiger partial charge in [0.2, 0.25) is 5.91 Å². The Morgan fingerprint density at radius 3 is 2.81 bits per heavy atom. The molecule has 10 heteroatoms. The molecule has 0 saturated carbocycles. The van der Waals surface area contributed by atoms with Crippen molar-refractivity contribution in [1.29, 1.82) is 0 Å². The van der Waals surface area contributed by atoms with Crippen LogP contribution in [0.5, 0.6) is 0 Å². The molecular formula is C11H17N5O4S. The summed E-state index contributed by atoms with van der Waals surface area (Å²) in [6, 6.07) is -1.53. The van der Waals surface area contributed by atoms with Gasteiger partial charge in [0.1, 0.15) is 12.6 Å². The largest absolute Gasteiger partial charge is 0.480 e. The fourth-order valence-electron chi connectivity index (χ4n) is 1.56. The van der Waals surface area contributed by atoms with Crippen molar-refractivity contribution in [2.24, 2.45) is 5.73 Å². The predicted octanol–water partition coefficient (Wildman–Crippen LogP) is -0.304. The number of amides is 3. The third-order valence-electron chi connectivity index (χ3n) is 2.44. The van der Waals surface area contributed by atoms with E-state index in [-0.39, 0.29) is 6.54 Å². The molecule has 9 nitrogen and oxygen atoms in total. The normalized spacial score (nSPS) is 11.7. The topological polar surface area (TPSA) is 139 Å². The van der Waals surface area contributed by atoms with Gasteiger partial charge in [-0.15, -0.1) is 0 Å². The van der Waals surface area contributed by atoms with E-state index in [1.54, 1.807) is 0 Å². The van der Waals surface area contributed by atoms with Crippen molar-refractivity contribution in [3.8, 4) is 0 Å². The van der Waals surface area contributed by atoms with Gasteiger partial charge in [0, 0.05) is 6.20 Å². The van der Waals surface area contributed by atoms with Gasteiger partial charge in [-0.2, -0.15) is 16.9 Å². The lowest BCUT2D eigenvalue weighted by Crippen LogP contribution is -2.46. The van der Waals surface area contributed by atoms with Crippen molar-refractivity contribution < 1.29 is 19.5 Å². The maximum atomic E-state index is 12.0. The van der Waals surface area contributed by atoms with Gasteiger partial charge in [-0.05, 0) is 18.4 Å². The number of nitrogens with one attached hydrogen (secondary N) is 2. The highest BCUT2D eigenvalue weighted by Gasteiger charge is 2.20. The Morgan fingerprint density at radius 1 is 1.52 bits per heavy atom. The number of thioether (sulfide) groups is 1. The second kappa shape index (κ2) is 8.15. The molecule has 0 spiro atoms. The number of primary amides is 1. The zero-order chi connectivity index (χ0) is 15.8. The van der Waals surface area contributed by atoms with E-state index >= 15 is 0 Å². The second-order valence-electron chi connectivity index (χ2n) is 4.15. The van der Waals surface area contributed by atoms with Crippen LogP contribution in [0, 0.1) is 0 Å². The number of aliphatic carboxylic acids is 1. The third kappa shape index (κ3) is 6.17. The summed E-state index contributed by atoms with van der Waals surface area (Å²) in [4.78, 5) is 33.5. The molecular weight excluding hydrogens is 298 g/mol. The van der Waals surface area contributed by atoms with E-state index in [4.69, 9.17) is 10.8 Å². The van der Waals surface area contributed by atoms with Crippen molar-refractivity contribution >= 4 is 35.4 Å². The number of anilines is 1. The van der Waals surface area contributed by atoms with Crippen LogP contribution in [0.2, 0.25) is 0 Å². The molecule has 21 heavy (non-hydrogen) atoms. The van der Waals surface area contributed by atoms with E-state index in [0.717, 1.165) is 0 Å². The number of carbonyl (C=O) groups is 3. The summed E-state index contributed by atoms with van der Waals surface area (Å²) in [6.07, 6.45) is 5.03. The molecule has 1 aromatic rings. The molecule has 116 valence electrons.